The zero-order valence-corrected chi connectivity index (χ0v) is 19.9. The summed E-state index contributed by atoms with van der Waals surface area (Å²) in [5, 5.41) is 9.30. The number of alkyl halides is 3. The summed E-state index contributed by atoms with van der Waals surface area (Å²) in [6.07, 6.45) is -1.46. The summed E-state index contributed by atoms with van der Waals surface area (Å²) in [5.74, 6) is 0.542. The number of carbonyl (C=O) groups is 1. The van der Waals surface area contributed by atoms with Crippen molar-refractivity contribution in [1.29, 1.82) is 0 Å². The Bertz CT molecular complexity index is 755. The third-order valence-electron chi connectivity index (χ3n) is 5.27. The molecular weight excluding hydrogens is 524 g/mol. The summed E-state index contributed by atoms with van der Waals surface area (Å²) < 4.78 is 37.6. The lowest BCUT2D eigenvalue weighted by molar-refractivity contribution is -0.143. The van der Waals surface area contributed by atoms with Crippen LogP contribution in [0.2, 0.25) is 0 Å². The second kappa shape index (κ2) is 11.7. The van der Waals surface area contributed by atoms with E-state index in [1.807, 2.05) is 24.3 Å². The van der Waals surface area contributed by atoms with Crippen LogP contribution >= 0.6 is 24.0 Å². The van der Waals surface area contributed by atoms with Gasteiger partial charge in [0.2, 0.25) is 0 Å². The van der Waals surface area contributed by atoms with Crippen molar-refractivity contribution in [3.05, 3.63) is 29.8 Å². The largest absolute Gasteiger partial charge is 0.401 e. The van der Waals surface area contributed by atoms with Crippen molar-refractivity contribution >= 4 is 41.7 Å². The van der Waals surface area contributed by atoms with E-state index in [0.29, 0.717) is 32.0 Å². The monoisotopic (exact) mass is 554 g/mol. The van der Waals surface area contributed by atoms with Crippen molar-refractivity contribution in [1.82, 2.24) is 20.4 Å². The number of urea groups is 1. The van der Waals surface area contributed by atoms with Crippen molar-refractivity contribution in [2.75, 3.05) is 45.1 Å². The van der Waals surface area contributed by atoms with Gasteiger partial charge in [-0.2, -0.15) is 13.2 Å². The molecule has 7 nitrogen and oxygen atoms in total. The fraction of sp³-hybridized carbons (Fsp3) is 0.600. The standard InChI is InChI=1S/C20H29F3N6O.HI/c1-24-18(26-17-7-10-28(13-17)14-20(21,22)23)25-12-15-5-4-6-16(11-15)27-19(30)29-8-2-3-9-29;/h4-6,11,17H,2-3,7-10,12-14H2,1H3,(H,27,30)(H2,24,25,26);1H. The predicted molar refractivity (Wildman–Crippen MR) is 126 cm³/mol. The van der Waals surface area contributed by atoms with E-state index >= 15 is 0 Å². The van der Waals surface area contributed by atoms with Crippen molar-refractivity contribution in [2.24, 2.45) is 4.99 Å². The SMILES string of the molecule is CN=C(NCc1cccc(NC(=O)N2CCCC2)c1)NC1CCN(CC(F)(F)F)C1.I. The van der Waals surface area contributed by atoms with Gasteiger partial charge in [0, 0.05) is 51.5 Å². The molecular formula is C20H30F3IN6O. The molecule has 0 saturated carbocycles. The van der Waals surface area contributed by atoms with Gasteiger partial charge in [0.25, 0.3) is 0 Å². The Balaban J connectivity index is 0.00000341. The van der Waals surface area contributed by atoms with Gasteiger partial charge in [-0.15, -0.1) is 24.0 Å². The summed E-state index contributed by atoms with van der Waals surface area (Å²) in [7, 11) is 1.63. The van der Waals surface area contributed by atoms with Crippen LogP contribution in [0.25, 0.3) is 0 Å². The van der Waals surface area contributed by atoms with E-state index in [9.17, 15) is 18.0 Å². The summed E-state index contributed by atoms with van der Waals surface area (Å²) in [6, 6.07) is 7.39. The summed E-state index contributed by atoms with van der Waals surface area (Å²) in [5.41, 5.74) is 1.69. The second-order valence-electron chi connectivity index (χ2n) is 7.73. The molecule has 1 aromatic rings. The minimum Gasteiger partial charge on any atom is -0.352 e. The van der Waals surface area contributed by atoms with Crippen molar-refractivity contribution < 1.29 is 18.0 Å². The van der Waals surface area contributed by atoms with Crippen LogP contribution in [0.5, 0.6) is 0 Å². The van der Waals surface area contributed by atoms with Gasteiger partial charge in [-0.1, -0.05) is 12.1 Å². The van der Waals surface area contributed by atoms with Gasteiger partial charge in [0.1, 0.15) is 0 Å². The van der Waals surface area contributed by atoms with E-state index in [0.717, 1.165) is 37.2 Å². The number of halogens is 4. The normalized spacial score (nSPS) is 19.8. The van der Waals surface area contributed by atoms with E-state index in [2.05, 4.69) is 20.9 Å². The molecule has 31 heavy (non-hydrogen) atoms. The van der Waals surface area contributed by atoms with E-state index < -0.39 is 12.7 Å². The van der Waals surface area contributed by atoms with E-state index in [1.54, 1.807) is 11.9 Å². The van der Waals surface area contributed by atoms with Crippen molar-refractivity contribution in [3.63, 3.8) is 0 Å². The number of nitrogens with one attached hydrogen (secondary N) is 3. The third-order valence-corrected chi connectivity index (χ3v) is 5.27. The van der Waals surface area contributed by atoms with Crippen molar-refractivity contribution in [2.45, 2.75) is 38.0 Å². The smallest absolute Gasteiger partial charge is 0.352 e. The Morgan fingerprint density at radius 1 is 1.23 bits per heavy atom. The Morgan fingerprint density at radius 3 is 2.65 bits per heavy atom. The lowest BCUT2D eigenvalue weighted by atomic mass is 10.2. The molecule has 0 spiro atoms. The maximum atomic E-state index is 12.5. The van der Waals surface area contributed by atoms with E-state index in [4.69, 9.17) is 0 Å². The predicted octanol–water partition coefficient (Wildman–Crippen LogP) is 3.23. The Kier molecular flexibility index (Phi) is 9.66. The quantitative estimate of drug-likeness (QED) is 0.297. The molecule has 1 aromatic carbocycles. The number of benzene rings is 1. The summed E-state index contributed by atoms with van der Waals surface area (Å²) >= 11 is 0. The van der Waals surface area contributed by atoms with Gasteiger partial charge in [-0.05, 0) is 37.0 Å². The van der Waals surface area contributed by atoms with Gasteiger partial charge >= 0.3 is 12.2 Å². The molecule has 2 heterocycles. The second-order valence-corrected chi connectivity index (χ2v) is 7.73. The Morgan fingerprint density at radius 2 is 1.97 bits per heavy atom. The number of carbonyl (C=O) groups excluding carboxylic acids is 1. The number of nitrogens with zero attached hydrogens (tertiary/aromatic N) is 3. The molecule has 2 aliphatic heterocycles. The van der Waals surface area contributed by atoms with Crippen LogP contribution in [0, 0.1) is 0 Å². The minimum atomic E-state index is -4.18. The maximum Gasteiger partial charge on any atom is 0.401 e. The zero-order valence-electron chi connectivity index (χ0n) is 17.5. The van der Waals surface area contributed by atoms with Crippen LogP contribution in [-0.4, -0.2) is 73.8 Å². The molecule has 0 aliphatic carbocycles. The van der Waals surface area contributed by atoms with Crippen LogP contribution in [0.3, 0.4) is 0 Å². The van der Waals surface area contributed by atoms with Gasteiger partial charge in [0.15, 0.2) is 5.96 Å². The van der Waals surface area contributed by atoms with E-state index in [-0.39, 0.29) is 36.0 Å². The zero-order chi connectivity index (χ0) is 21.6. The molecule has 2 aliphatic rings. The minimum absolute atomic E-state index is 0. The van der Waals surface area contributed by atoms with Crippen LogP contribution in [0.1, 0.15) is 24.8 Å². The molecule has 2 fully saturated rings. The molecule has 3 N–H and O–H groups in total. The molecule has 0 radical (unpaired) electrons. The highest BCUT2D eigenvalue weighted by Crippen LogP contribution is 2.20. The van der Waals surface area contributed by atoms with Gasteiger partial charge in [0.05, 0.1) is 6.54 Å². The molecule has 2 saturated heterocycles. The van der Waals surface area contributed by atoms with E-state index in [1.165, 1.54) is 4.90 Å². The van der Waals surface area contributed by atoms with Crippen molar-refractivity contribution in [3.8, 4) is 0 Å². The first-order chi connectivity index (χ1) is 14.3. The third kappa shape index (κ3) is 8.36. The Hall–Kier alpha value is -1.76. The molecule has 174 valence electrons. The molecule has 11 heteroatoms. The fourth-order valence-electron chi connectivity index (χ4n) is 3.80. The Labute approximate surface area is 197 Å². The average molecular weight is 554 g/mol. The summed E-state index contributed by atoms with van der Waals surface area (Å²) in [4.78, 5) is 19.6. The fourth-order valence-corrected chi connectivity index (χ4v) is 3.80. The van der Waals surface area contributed by atoms with Crippen LogP contribution in [-0.2, 0) is 6.54 Å². The molecule has 0 aromatic heterocycles. The lowest BCUT2D eigenvalue weighted by Gasteiger charge is -2.20. The number of hydrogen-bond donors (Lipinski definition) is 3. The molecule has 0 bridgehead atoms. The number of amides is 2. The first-order valence-electron chi connectivity index (χ1n) is 10.2. The number of guanidine groups is 1. The van der Waals surface area contributed by atoms with Gasteiger partial charge in [-0.25, -0.2) is 4.79 Å². The van der Waals surface area contributed by atoms with Crippen LogP contribution < -0.4 is 16.0 Å². The highest BCUT2D eigenvalue weighted by Gasteiger charge is 2.34. The molecule has 2 amide bonds. The number of hydrogen-bond acceptors (Lipinski definition) is 3. The number of aliphatic imine (C=N–C) groups is 1. The number of anilines is 1. The van der Waals surface area contributed by atoms with Crippen LogP contribution in [0.15, 0.2) is 29.3 Å². The molecule has 3 rings (SSSR count). The maximum absolute atomic E-state index is 12.5. The number of likely N-dealkylation sites (tertiary alicyclic amines) is 2. The average Bonchev–Trinajstić information content (AvgIpc) is 3.36. The van der Waals surface area contributed by atoms with Gasteiger partial charge in [-0.3, -0.25) is 9.89 Å². The molecule has 1 unspecified atom stereocenters. The topological polar surface area (TPSA) is 72.0 Å². The highest BCUT2D eigenvalue weighted by atomic mass is 127. The highest BCUT2D eigenvalue weighted by molar-refractivity contribution is 14.0. The van der Waals surface area contributed by atoms with Crippen LogP contribution in [0.4, 0.5) is 23.7 Å². The molecule has 1 atom stereocenters. The van der Waals surface area contributed by atoms with Gasteiger partial charge < -0.3 is 20.9 Å². The number of rotatable bonds is 5. The first-order valence-corrected chi connectivity index (χ1v) is 10.2. The lowest BCUT2D eigenvalue weighted by Crippen LogP contribution is -2.44. The first kappa shape index (κ1) is 25.5. The summed E-state index contributed by atoms with van der Waals surface area (Å²) in [6.45, 7) is 1.91.